The van der Waals surface area contributed by atoms with Crippen molar-refractivity contribution in [3.63, 3.8) is 0 Å². The first-order valence-corrected chi connectivity index (χ1v) is 6.73. The molecular weight excluding hydrogens is 327 g/mol. The molecule has 0 fully saturated rings. The Bertz CT molecular complexity index is 575. The summed E-state index contributed by atoms with van der Waals surface area (Å²) in [5, 5.41) is 0.136. The first-order valence-electron chi connectivity index (χ1n) is 4.74. The lowest BCUT2D eigenvalue weighted by Gasteiger charge is -2.01. The number of thiophene rings is 1. The van der Waals surface area contributed by atoms with Crippen LogP contribution in [0.2, 0.25) is 5.02 Å². The molecule has 0 aliphatic heterocycles. The second kappa shape index (κ2) is 4.88. The summed E-state index contributed by atoms with van der Waals surface area (Å²) in [5.41, 5.74) is 1.32. The molecule has 1 nitrogen and oxygen atoms in total. The number of aryl methyl sites for hydroxylation is 1. The SMILES string of the molecule is Cc1cc(C(=O)c2ccc(F)cc2Cl)sc1Br. The van der Waals surface area contributed by atoms with Crippen LogP contribution in [0, 0.1) is 12.7 Å². The molecule has 5 heteroatoms. The Kier molecular flexibility index (Phi) is 3.66. The number of hydrogen-bond donors (Lipinski definition) is 0. The van der Waals surface area contributed by atoms with Crippen LogP contribution in [0.25, 0.3) is 0 Å². The van der Waals surface area contributed by atoms with E-state index in [9.17, 15) is 9.18 Å². The lowest BCUT2D eigenvalue weighted by Crippen LogP contribution is -1.99. The normalized spacial score (nSPS) is 10.6. The van der Waals surface area contributed by atoms with Crippen molar-refractivity contribution in [3.05, 3.63) is 54.9 Å². The van der Waals surface area contributed by atoms with Gasteiger partial charge in [0.2, 0.25) is 5.78 Å². The average molecular weight is 334 g/mol. The number of rotatable bonds is 2. The van der Waals surface area contributed by atoms with Gasteiger partial charge in [0.15, 0.2) is 0 Å². The molecule has 1 aromatic carbocycles. The van der Waals surface area contributed by atoms with E-state index in [0.717, 1.165) is 15.4 Å². The van der Waals surface area contributed by atoms with E-state index in [1.807, 2.05) is 6.92 Å². The fourth-order valence-electron chi connectivity index (χ4n) is 1.38. The smallest absolute Gasteiger partial charge is 0.204 e. The van der Waals surface area contributed by atoms with Crippen LogP contribution < -0.4 is 0 Å². The number of carbonyl (C=O) groups excluding carboxylic acids is 1. The largest absolute Gasteiger partial charge is 0.288 e. The van der Waals surface area contributed by atoms with Crippen LogP contribution in [-0.4, -0.2) is 5.78 Å². The topological polar surface area (TPSA) is 17.1 Å². The first kappa shape index (κ1) is 12.7. The molecule has 0 saturated carbocycles. The monoisotopic (exact) mass is 332 g/mol. The van der Waals surface area contributed by atoms with E-state index in [1.54, 1.807) is 6.07 Å². The van der Waals surface area contributed by atoms with E-state index in [-0.39, 0.29) is 10.8 Å². The van der Waals surface area contributed by atoms with Crippen molar-refractivity contribution in [2.45, 2.75) is 6.92 Å². The maximum Gasteiger partial charge on any atom is 0.204 e. The fourth-order valence-corrected chi connectivity index (χ4v) is 3.12. The summed E-state index contributed by atoms with van der Waals surface area (Å²) >= 11 is 10.6. The van der Waals surface area contributed by atoms with Gasteiger partial charge in [-0.1, -0.05) is 11.6 Å². The van der Waals surface area contributed by atoms with Crippen molar-refractivity contribution in [2.75, 3.05) is 0 Å². The van der Waals surface area contributed by atoms with Crippen LogP contribution in [0.15, 0.2) is 28.1 Å². The minimum Gasteiger partial charge on any atom is -0.288 e. The third kappa shape index (κ3) is 2.59. The van der Waals surface area contributed by atoms with Crippen LogP contribution in [0.3, 0.4) is 0 Å². The Morgan fingerprint density at radius 1 is 1.41 bits per heavy atom. The van der Waals surface area contributed by atoms with Gasteiger partial charge < -0.3 is 0 Å². The minimum atomic E-state index is -0.449. The van der Waals surface area contributed by atoms with Crippen molar-refractivity contribution in [1.82, 2.24) is 0 Å². The van der Waals surface area contributed by atoms with E-state index >= 15 is 0 Å². The lowest BCUT2D eigenvalue weighted by atomic mass is 10.1. The highest BCUT2D eigenvalue weighted by atomic mass is 79.9. The summed E-state index contributed by atoms with van der Waals surface area (Å²) in [4.78, 5) is 12.7. The molecule has 88 valence electrons. The predicted molar refractivity (Wildman–Crippen MR) is 71.6 cm³/mol. The van der Waals surface area contributed by atoms with Gasteiger partial charge in [0.05, 0.1) is 13.7 Å². The van der Waals surface area contributed by atoms with Gasteiger partial charge >= 0.3 is 0 Å². The van der Waals surface area contributed by atoms with E-state index in [2.05, 4.69) is 15.9 Å². The van der Waals surface area contributed by atoms with Gasteiger partial charge in [0.25, 0.3) is 0 Å². The molecular formula is C12H7BrClFOS. The molecule has 0 saturated heterocycles. The molecule has 1 heterocycles. The molecule has 0 spiro atoms. The standard InChI is InChI=1S/C12H7BrClFOS/c1-6-4-10(17-12(6)13)11(16)8-3-2-7(15)5-9(8)14/h2-5H,1H3. The first-order chi connectivity index (χ1) is 7.99. The number of hydrogen-bond acceptors (Lipinski definition) is 2. The zero-order valence-electron chi connectivity index (χ0n) is 8.76. The van der Waals surface area contributed by atoms with Gasteiger partial charge in [-0.25, -0.2) is 4.39 Å². The molecule has 0 amide bonds. The van der Waals surface area contributed by atoms with Crippen molar-refractivity contribution in [2.24, 2.45) is 0 Å². The molecule has 17 heavy (non-hydrogen) atoms. The minimum absolute atomic E-state index is 0.136. The third-order valence-electron chi connectivity index (χ3n) is 2.26. The Labute approximate surface area is 115 Å². The van der Waals surface area contributed by atoms with Crippen LogP contribution in [0.5, 0.6) is 0 Å². The highest BCUT2D eigenvalue weighted by molar-refractivity contribution is 9.11. The zero-order chi connectivity index (χ0) is 12.6. The molecule has 0 atom stereocenters. The highest BCUT2D eigenvalue weighted by Crippen LogP contribution is 2.30. The summed E-state index contributed by atoms with van der Waals surface area (Å²) in [6.07, 6.45) is 0. The van der Waals surface area contributed by atoms with E-state index in [0.29, 0.717) is 10.4 Å². The quantitative estimate of drug-likeness (QED) is 0.719. The Hall–Kier alpha value is -0.710. The van der Waals surface area contributed by atoms with E-state index < -0.39 is 5.82 Å². The molecule has 0 N–H and O–H groups in total. The average Bonchev–Trinajstić information content (AvgIpc) is 2.58. The molecule has 0 unspecified atom stereocenters. The summed E-state index contributed by atoms with van der Waals surface area (Å²) in [5.74, 6) is -0.635. The van der Waals surface area contributed by atoms with Crippen LogP contribution in [0.1, 0.15) is 20.8 Å². The number of ketones is 1. The summed E-state index contributed by atoms with van der Waals surface area (Å²) < 4.78 is 13.8. The number of halogens is 3. The molecule has 0 aliphatic rings. The van der Waals surface area contributed by atoms with Gasteiger partial charge in [-0.3, -0.25) is 4.79 Å². The van der Waals surface area contributed by atoms with Crippen molar-refractivity contribution in [1.29, 1.82) is 0 Å². The Balaban J connectivity index is 2.43. The van der Waals surface area contributed by atoms with Gasteiger partial charge in [-0.05, 0) is 52.7 Å². The van der Waals surface area contributed by atoms with E-state index in [4.69, 9.17) is 11.6 Å². The molecule has 0 radical (unpaired) electrons. The molecule has 2 rings (SSSR count). The van der Waals surface area contributed by atoms with Gasteiger partial charge in [-0.15, -0.1) is 11.3 Å². The van der Waals surface area contributed by atoms with Crippen molar-refractivity contribution < 1.29 is 9.18 Å². The lowest BCUT2D eigenvalue weighted by molar-refractivity contribution is 0.104. The second-order valence-corrected chi connectivity index (χ2v) is 6.30. The van der Waals surface area contributed by atoms with Gasteiger partial charge in [0.1, 0.15) is 5.82 Å². The third-order valence-corrected chi connectivity index (χ3v) is 4.70. The Morgan fingerprint density at radius 3 is 2.65 bits per heavy atom. The summed E-state index contributed by atoms with van der Waals surface area (Å²) in [7, 11) is 0. The van der Waals surface area contributed by atoms with Crippen LogP contribution in [0.4, 0.5) is 4.39 Å². The molecule has 1 aromatic heterocycles. The van der Waals surface area contributed by atoms with Gasteiger partial charge in [0, 0.05) is 5.56 Å². The van der Waals surface area contributed by atoms with Crippen molar-refractivity contribution in [3.8, 4) is 0 Å². The van der Waals surface area contributed by atoms with Crippen molar-refractivity contribution >= 4 is 44.7 Å². The van der Waals surface area contributed by atoms with Crippen LogP contribution >= 0.6 is 38.9 Å². The van der Waals surface area contributed by atoms with Gasteiger partial charge in [-0.2, -0.15) is 0 Å². The molecule has 2 aromatic rings. The Morgan fingerprint density at radius 2 is 2.12 bits per heavy atom. The maximum absolute atomic E-state index is 12.9. The van der Waals surface area contributed by atoms with E-state index in [1.165, 1.54) is 23.5 Å². The highest BCUT2D eigenvalue weighted by Gasteiger charge is 2.16. The fraction of sp³-hybridized carbons (Fsp3) is 0.0833. The number of carbonyl (C=O) groups is 1. The second-order valence-electron chi connectivity index (χ2n) is 3.52. The maximum atomic E-state index is 12.9. The zero-order valence-corrected chi connectivity index (χ0v) is 11.9. The molecule has 0 bridgehead atoms. The van der Waals surface area contributed by atoms with Crippen LogP contribution in [-0.2, 0) is 0 Å². The molecule has 0 aliphatic carbocycles. The number of benzene rings is 1. The predicted octanol–water partition coefficient (Wildman–Crippen LogP) is 4.84. The summed E-state index contributed by atoms with van der Waals surface area (Å²) in [6, 6.07) is 5.57. The summed E-state index contributed by atoms with van der Waals surface area (Å²) in [6.45, 7) is 1.91.